The zero-order valence-electron chi connectivity index (χ0n) is 30.0. The van der Waals surface area contributed by atoms with E-state index < -0.39 is 0 Å². The Morgan fingerprint density at radius 3 is 1.21 bits per heavy atom. The molecule has 246 valence electrons. The molecule has 0 radical (unpaired) electrons. The molecule has 2 heterocycles. The predicted molar refractivity (Wildman–Crippen MR) is 210 cm³/mol. The van der Waals surface area contributed by atoms with Gasteiger partial charge in [0.15, 0.2) is 0 Å². The molecule has 2 aromatic heterocycles. The number of unbranched alkanes of at least 4 members (excludes halogenated alkanes) is 6. The number of rotatable bonds is 12. The van der Waals surface area contributed by atoms with Gasteiger partial charge in [0.05, 0.1) is 22.1 Å². The lowest BCUT2D eigenvalue weighted by Crippen LogP contribution is -1.99. The Kier molecular flexibility index (Phi) is 9.19. The van der Waals surface area contributed by atoms with Gasteiger partial charge in [-0.25, -0.2) is 0 Å². The quantitative estimate of drug-likeness (QED) is 0.119. The van der Waals surface area contributed by atoms with Crippen LogP contribution >= 0.6 is 0 Å². The summed E-state index contributed by atoms with van der Waals surface area (Å²) in [6.45, 7) is 13.6. The van der Waals surface area contributed by atoms with Crippen molar-refractivity contribution in [3.63, 3.8) is 0 Å². The average Bonchev–Trinajstić information content (AvgIpc) is 3.55. The molecule has 0 bridgehead atoms. The summed E-state index contributed by atoms with van der Waals surface area (Å²) in [5.41, 5.74) is 15.8. The van der Waals surface area contributed by atoms with Crippen LogP contribution in [0.15, 0.2) is 84.9 Å². The van der Waals surface area contributed by atoms with Crippen LogP contribution in [-0.2, 0) is 12.8 Å². The Hall–Kier alpha value is -4.30. The van der Waals surface area contributed by atoms with E-state index in [4.69, 9.17) is 0 Å². The number of hydrogen-bond acceptors (Lipinski definition) is 0. The number of aromatic nitrogens is 2. The minimum Gasteiger partial charge on any atom is -0.309 e. The van der Waals surface area contributed by atoms with E-state index in [-0.39, 0.29) is 0 Å². The van der Waals surface area contributed by atoms with Crippen LogP contribution < -0.4 is 0 Å². The molecule has 48 heavy (non-hydrogen) atoms. The molecule has 0 saturated carbocycles. The summed E-state index contributed by atoms with van der Waals surface area (Å²) < 4.78 is 5.05. The van der Waals surface area contributed by atoms with Gasteiger partial charge in [-0.2, -0.15) is 0 Å². The lowest BCUT2D eigenvalue weighted by molar-refractivity contribution is 0.666. The van der Waals surface area contributed by atoms with Gasteiger partial charge in [-0.15, -0.1) is 0 Å². The first-order valence-electron chi connectivity index (χ1n) is 18.6. The van der Waals surface area contributed by atoms with Gasteiger partial charge in [0.25, 0.3) is 0 Å². The molecular weight excluding hydrogens is 581 g/mol. The van der Waals surface area contributed by atoms with Crippen LogP contribution in [0.4, 0.5) is 0 Å². The molecule has 0 amide bonds. The molecule has 2 nitrogen and oxygen atoms in total. The van der Waals surface area contributed by atoms with E-state index in [2.05, 4.69) is 136 Å². The Morgan fingerprint density at radius 2 is 0.812 bits per heavy atom. The largest absolute Gasteiger partial charge is 0.309 e. The lowest BCUT2D eigenvalue weighted by atomic mass is 10.0. The zero-order chi connectivity index (χ0) is 33.4. The summed E-state index contributed by atoms with van der Waals surface area (Å²) in [6.07, 6.45) is 12.7. The SMILES string of the molecule is CCCCCCc1ccc(-n2c3ccc(C)cc3c3cc4c(cc32)c2cc(C)ccc2n4-c2ccc(CCCCCC)cc2C)c(C)c1. The van der Waals surface area contributed by atoms with Crippen molar-refractivity contribution in [2.75, 3.05) is 0 Å². The van der Waals surface area contributed by atoms with Crippen LogP contribution in [0.5, 0.6) is 0 Å². The van der Waals surface area contributed by atoms with Crippen molar-refractivity contribution in [2.24, 2.45) is 0 Å². The van der Waals surface area contributed by atoms with Crippen molar-refractivity contribution >= 4 is 43.6 Å². The van der Waals surface area contributed by atoms with E-state index in [9.17, 15) is 0 Å². The van der Waals surface area contributed by atoms with Crippen molar-refractivity contribution < 1.29 is 0 Å². The standard InChI is InChI=1S/C46H52N2/c1-7-9-11-13-15-35-19-23-41(33(5)27-35)47-43-21-17-31(3)25-37(43)39-30-46-40(29-45(39)47)38-26-32(4)18-22-44(38)48(46)42-24-20-36(28-34(42)6)16-14-12-10-8-2/h17-30H,7-16H2,1-6H3. The molecule has 5 aromatic carbocycles. The maximum atomic E-state index is 2.53. The molecule has 7 rings (SSSR count). The highest BCUT2D eigenvalue weighted by Gasteiger charge is 2.20. The molecule has 0 aliphatic heterocycles. The van der Waals surface area contributed by atoms with Crippen molar-refractivity contribution in [1.82, 2.24) is 9.13 Å². The van der Waals surface area contributed by atoms with E-state index >= 15 is 0 Å². The maximum Gasteiger partial charge on any atom is 0.0548 e. The average molecular weight is 633 g/mol. The monoisotopic (exact) mass is 632 g/mol. The van der Waals surface area contributed by atoms with Gasteiger partial charge in [0, 0.05) is 32.9 Å². The number of aryl methyl sites for hydroxylation is 6. The van der Waals surface area contributed by atoms with Gasteiger partial charge in [-0.05, 0) is 124 Å². The van der Waals surface area contributed by atoms with Gasteiger partial charge in [-0.3, -0.25) is 0 Å². The fraction of sp³-hybridized carbons (Fsp3) is 0.348. The summed E-state index contributed by atoms with van der Waals surface area (Å²) >= 11 is 0. The fourth-order valence-electron chi connectivity index (χ4n) is 8.04. The molecule has 0 N–H and O–H groups in total. The maximum absolute atomic E-state index is 2.53. The van der Waals surface area contributed by atoms with Crippen LogP contribution in [0.1, 0.15) is 98.6 Å². The molecule has 0 fully saturated rings. The molecule has 2 heteroatoms. The second-order valence-electron chi connectivity index (χ2n) is 14.5. The summed E-state index contributed by atoms with van der Waals surface area (Å²) in [6, 6.07) is 33.2. The van der Waals surface area contributed by atoms with E-state index in [1.165, 1.54) is 140 Å². The van der Waals surface area contributed by atoms with Crippen LogP contribution in [0.25, 0.3) is 55.0 Å². The molecule has 7 aromatic rings. The normalized spacial score (nSPS) is 12.0. The Morgan fingerprint density at radius 1 is 0.396 bits per heavy atom. The van der Waals surface area contributed by atoms with Gasteiger partial charge in [0.2, 0.25) is 0 Å². The second kappa shape index (κ2) is 13.7. The number of nitrogens with zero attached hydrogens (tertiary/aromatic N) is 2. The first-order valence-corrected chi connectivity index (χ1v) is 18.6. The highest BCUT2D eigenvalue weighted by atomic mass is 15.0. The Balaban J connectivity index is 1.43. The minimum absolute atomic E-state index is 1.16. The highest BCUT2D eigenvalue weighted by molar-refractivity contribution is 6.19. The third-order valence-corrected chi connectivity index (χ3v) is 10.6. The van der Waals surface area contributed by atoms with Crippen LogP contribution in [0.2, 0.25) is 0 Å². The molecule has 0 unspecified atom stereocenters. The molecule has 0 atom stereocenters. The van der Waals surface area contributed by atoms with E-state index in [0.29, 0.717) is 0 Å². The third kappa shape index (κ3) is 5.96. The predicted octanol–water partition coefficient (Wildman–Crippen LogP) is 13.4. The van der Waals surface area contributed by atoms with Crippen molar-refractivity contribution in [1.29, 1.82) is 0 Å². The summed E-state index contributed by atoms with van der Waals surface area (Å²) in [4.78, 5) is 0. The van der Waals surface area contributed by atoms with Crippen LogP contribution in [0, 0.1) is 27.7 Å². The van der Waals surface area contributed by atoms with Crippen molar-refractivity contribution in [3.05, 3.63) is 118 Å². The van der Waals surface area contributed by atoms with Crippen molar-refractivity contribution in [2.45, 2.75) is 106 Å². The van der Waals surface area contributed by atoms with Gasteiger partial charge >= 0.3 is 0 Å². The zero-order valence-corrected chi connectivity index (χ0v) is 30.0. The highest BCUT2D eigenvalue weighted by Crippen LogP contribution is 2.41. The first-order chi connectivity index (χ1) is 23.4. The number of benzene rings is 5. The fourth-order valence-corrected chi connectivity index (χ4v) is 8.04. The molecule has 0 saturated heterocycles. The molecule has 0 spiro atoms. The molecule has 0 aliphatic carbocycles. The van der Waals surface area contributed by atoms with Gasteiger partial charge in [-0.1, -0.05) is 99.9 Å². The number of hydrogen-bond donors (Lipinski definition) is 0. The Labute approximate surface area is 287 Å². The summed E-state index contributed by atoms with van der Waals surface area (Å²) in [5, 5.41) is 5.27. The van der Waals surface area contributed by atoms with Crippen molar-refractivity contribution in [3.8, 4) is 11.4 Å². The summed E-state index contributed by atoms with van der Waals surface area (Å²) in [7, 11) is 0. The molecule has 0 aliphatic rings. The second-order valence-corrected chi connectivity index (χ2v) is 14.5. The number of fused-ring (bicyclic) bond motifs is 6. The van der Waals surface area contributed by atoms with Crippen LogP contribution in [-0.4, -0.2) is 9.13 Å². The molecular formula is C46H52N2. The first kappa shape index (κ1) is 32.3. The third-order valence-electron chi connectivity index (χ3n) is 10.6. The topological polar surface area (TPSA) is 9.86 Å². The smallest absolute Gasteiger partial charge is 0.0548 e. The van der Waals surface area contributed by atoms with Gasteiger partial charge in [0.1, 0.15) is 0 Å². The van der Waals surface area contributed by atoms with Gasteiger partial charge < -0.3 is 9.13 Å². The van der Waals surface area contributed by atoms with Crippen LogP contribution in [0.3, 0.4) is 0 Å². The lowest BCUT2D eigenvalue weighted by Gasteiger charge is -2.14. The van der Waals surface area contributed by atoms with E-state index in [0.717, 1.165) is 12.8 Å². The van der Waals surface area contributed by atoms with E-state index in [1.807, 2.05) is 0 Å². The van der Waals surface area contributed by atoms with E-state index in [1.54, 1.807) is 0 Å². The Bertz CT molecular complexity index is 2100. The summed E-state index contributed by atoms with van der Waals surface area (Å²) in [5.74, 6) is 0. The minimum atomic E-state index is 1.16.